The number of hydrogen-bond acceptors (Lipinski definition) is 4. The molecule has 2 aromatic carbocycles. The summed E-state index contributed by atoms with van der Waals surface area (Å²) in [6, 6.07) is 8.97. The van der Waals surface area contributed by atoms with Crippen molar-refractivity contribution < 1.29 is 19.8 Å². The molecular weight excluding hydrogens is 259 g/mol. The molecule has 3 rings (SSSR count). The van der Waals surface area contributed by atoms with Crippen molar-refractivity contribution in [2.75, 3.05) is 0 Å². The lowest BCUT2D eigenvalue weighted by atomic mass is 9.83. The summed E-state index contributed by atoms with van der Waals surface area (Å²) in [5.74, 6) is -1.72. The standard InChI is InChI=1S/C14H8O4.Al.3H/c15-10-6-5-9-11(14(10)18)13(17)8-4-2-1-3-7(8)12(9)16;;;;/h1-6,15,18H;;;;. The van der Waals surface area contributed by atoms with Gasteiger partial charge in [-0.1, -0.05) is 24.3 Å². The average Bonchev–Trinajstić information content (AvgIpc) is 2.39. The largest absolute Gasteiger partial charge is 0.504 e. The van der Waals surface area contributed by atoms with Crippen molar-refractivity contribution in [2.45, 2.75) is 0 Å². The third kappa shape index (κ3) is 1.75. The van der Waals surface area contributed by atoms with Crippen LogP contribution in [-0.4, -0.2) is 39.1 Å². The van der Waals surface area contributed by atoms with Gasteiger partial charge in [-0.15, -0.1) is 0 Å². The maximum atomic E-state index is 12.2. The van der Waals surface area contributed by atoms with Gasteiger partial charge >= 0.3 is 0 Å². The minimum absolute atomic E-state index is 0. The number of carbonyl (C=O) groups excluding carboxylic acids is 2. The number of hydrogen-bond donors (Lipinski definition) is 2. The molecule has 0 fully saturated rings. The molecule has 0 unspecified atom stereocenters. The lowest BCUT2D eigenvalue weighted by Crippen LogP contribution is -2.20. The minimum atomic E-state index is -0.541. The zero-order valence-corrected chi connectivity index (χ0v) is 9.18. The molecular formula is C14H11AlO4. The van der Waals surface area contributed by atoms with Gasteiger partial charge in [0.25, 0.3) is 0 Å². The van der Waals surface area contributed by atoms with E-state index >= 15 is 0 Å². The minimum Gasteiger partial charge on any atom is -0.504 e. The van der Waals surface area contributed by atoms with Crippen LogP contribution in [0.2, 0.25) is 0 Å². The predicted octanol–water partition coefficient (Wildman–Crippen LogP) is 0.689. The Morgan fingerprint density at radius 3 is 1.95 bits per heavy atom. The monoisotopic (exact) mass is 270 g/mol. The molecule has 0 amide bonds. The second-order valence-electron chi connectivity index (χ2n) is 4.06. The number of ketones is 2. The molecule has 0 aromatic heterocycles. The number of phenolic OH excluding ortho intramolecular Hbond substituents is 2. The Morgan fingerprint density at radius 1 is 0.737 bits per heavy atom. The highest BCUT2D eigenvalue weighted by Crippen LogP contribution is 2.37. The molecule has 0 radical (unpaired) electrons. The number of benzene rings is 2. The third-order valence-corrected chi connectivity index (χ3v) is 3.04. The van der Waals surface area contributed by atoms with Gasteiger partial charge in [0.05, 0.1) is 5.56 Å². The Hall–Kier alpha value is -2.09. The fourth-order valence-electron chi connectivity index (χ4n) is 2.16. The maximum absolute atomic E-state index is 12.2. The smallest absolute Gasteiger partial charge is 0.198 e. The fraction of sp³-hybridized carbons (Fsp3) is 0. The van der Waals surface area contributed by atoms with Crippen LogP contribution in [0, 0.1) is 0 Å². The van der Waals surface area contributed by atoms with Crippen molar-refractivity contribution in [1.29, 1.82) is 0 Å². The normalized spacial score (nSPS) is 12.4. The van der Waals surface area contributed by atoms with Gasteiger partial charge in [0.15, 0.2) is 40.4 Å². The lowest BCUT2D eigenvalue weighted by Gasteiger charge is -2.18. The second kappa shape index (κ2) is 4.54. The number of rotatable bonds is 0. The van der Waals surface area contributed by atoms with Crippen molar-refractivity contribution in [3.05, 3.63) is 58.7 Å². The number of carbonyl (C=O) groups is 2. The van der Waals surface area contributed by atoms with E-state index in [0.717, 1.165) is 0 Å². The van der Waals surface area contributed by atoms with E-state index < -0.39 is 17.3 Å². The third-order valence-electron chi connectivity index (χ3n) is 3.04. The molecule has 0 heterocycles. The lowest BCUT2D eigenvalue weighted by molar-refractivity contribution is 0.0976. The first kappa shape index (κ1) is 13.3. The van der Waals surface area contributed by atoms with E-state index in [2.05, 4.69) is 0 Å². The van der Waals surface area contributed by atoms with Crippen LogP contribution in [0.4, 0.5) is 0 Å². The van der Waals surface area contributed by atoms with E-state index in [-0.39, 0.29) is 39.8 Å². The van der Waals surface area contributed by atoms with E-state index in [9.17, 15) is 19.8 Å². The predicted molar refractivity (Wildman–Crippen MR) is 73.0 cm³/mol. The molecule has 1 aliphatic carbocycles. The van der Waals surface area contributed by atoms with Gasteiger partial charge < -0.3 is 10.2 Å². The van der Waals surface area contributed by atoms with Crippen LogP contribution < -0.4 is 0 Å². The quantitative estimate of drug-likeness (QED) is 0.465. The van der Waals surface area contributed by atoms with Crippen LogP contribution in [0.5, 0.6) is 11.5 Å². The van der Waals surface area contributed by atoms with Crippen LogP contribution in [0.3, 0.4) is 0 Å². The maximum Gasteiger partial charge on any atom is 0.198 e. The zero-order chi connectivity index (χ0) is 12.9. The summed E-state index contributed by atoms with van der Waals surface area (Å²) in [5, 5.41) is 19.1. The summed E-state index contributed by atoms with van der Waals surface area (Å²) in [6.07, 6.45) is 0. The van der Waals surface area contributed by atoms with Crippen LogP contribution >= 0.6 is 0 Å². The Kier molecular flexibility index (Phi) is 3.19. The van der Waals surface area contributed by atoms with Gasteiger partial charge in [0.1, 0.15) is 0 Å². The molecule has 94 valence electrons. The molecule has 2 N–H and O–H groups in total. The van der Waals surface area contributed by atoms with Gasteiger partial charge in [0, 0.05) is 16.7 Å². The molecule has 0 saturated carbocycles. The van der Waals surface area contributed by atoms with Crippen molar-refractivity contribution in [3.63, 3.8) is 0 Å². The topological polar surface area (TPSA) is 74.6 Å². The Bertz CT molecular complexity index is 707. The van der Waals surface area contributed by atoms with E-state index in [1.165, 1.54) is 18.2 Å². The van der Waals surface area contributed by atoms with Gasteiger partial charge in [-0.25, -0.2) is 0 Å². The molecule has 2 aromatic rings. The highest BCUT2D eigenvalue weighted by Gasteiger charge is 2.32. The number of fused-ring (bicyclic) bond motifs is 2. The first-order valence-electron chi connectivity index (χ1n) is 5.34. The van der Waals surface area contributed by atoms with E-state index in [1.807, 2.05) is 0 Å². The molecule has 1 aliphatic rings. The summed E-state index contributed by atoms with van der Waals surface area (Å²) in [7, 11) is 0. The van der Waals surface area contributed by atoms with Crippen molar-refractivity contribution in [3.8, 4) is 11.5 Å². The molecule has 4 nitrogen and oxygen atoms in total. The number of aromatic hydroxyl groups is 2. The van der Waals surface area contributed by atoms with Crippen LogP contribution in [0.25, 0.3) is 0 Å². The average molecular weight is 270 g/mol. The summed E-state index contributed by atoms with van der Waals surface area (Å²) in [6.45, 7) is 0. The fourth-order valence-corrected chi connectivity index (χ4v) is 2.16. The van der Waals surface area contributed by atoms with Gasteiger partial charge in [0.2, 0.25) is 0 Å². The molecule has 0 saturated heterocycles. The highest BCUT2D eigenvalue weighted by atomic mass is 27.0. The van der Waals surface area contributed by atoms with Crippen molar-refractivity contribution in [2.24, 2.45) is 0 Å². The molecule has 0 spiro atoms. The zero-order valence-electron chi connectivity index (χ0n) is 9.18. The molecule has 0 aliphatic heterocycles. The Labute approximate surface area is 119 Å². The summed E-state index contributed by atoms with van der Waals surface area (Å²) < 4.78 is 0. The van der Waals surface area contributed by atoms with Crippen LogP contribution in [0.15, 0.2) is 36.4 Å². The number of phenols is 2. The molecule has 0 atom stereocenters. The first-order valence-corrected chi connectivity index (χ1v) is 5.34. The van der Waals surface area contributed by atoms with E-state index in [0.29, 0.717) is 5.56 Å². The Morgan fingerprint density at radius 2 is 1.32 bits per heavy atom. The molecule has 19 heavy (non-hydrogen) atoms. The van der Waals surface area contributed by atoms with Crippen LogP contribution in [-0.2, 0) is 0 Å². The van der Waals surface area contributed by atoms with Gasteiger partial charge in [-0.3, -0.25) is 9.59 Å². The Balaban J connectivity index is 0.00000133. The van der Waals surface area contributed by atoms with E-state index in [1.54, 1.807) is 18.2 Å². The van der Waals surface area contributed by atoms with Gasteiger partial charge in [-0.05, 0) is 12.1 Å². The first-order chi connectivity index (χ1) is 8.61. The van der Waals surface area contributed by atoms with Crippen molar-refractivity contribution in [1.82, 2.24) is 0 Å². The second-order valence-corrected chi connectivity index (χ2v) is 4.06. The summed E-state index contributed by atoms with van der Waals surface area (Å²) in [4.78, 5) is 24.4. The highest BCUT2D eigenvalue weighted by molar-refractivity contribution is 6.29. The summed E-state index contributed by atoms with van der Waals surface area (Å²) >= 11 is 0. The van der Waals surface area contributed by atoms with Crippen LogP contribution in [0.1, 0.15) is 31.8 Å². The van der Waals surface area contributed by atoms with Crippen molar-refractivity contribution >= 4 is 28.9 Å². The molecule has 0 bridgehead atoms. The SMILES string of the molecule is O=C1c2ccccc2C(=O)c2c1ccc(O)c2O.[AlH3]. The summed E-state index contributed by atoms with van der Waals surface area (Å²) in [5.41, 5.74) is 0.559. The van der Waals surface area contributed by atoms with Gasteiger partial charge in [-0.2, -0.15) is 0 Å². The molecule has 5 heteroatoms. The van der Waals surface area contributed by atoms with E-state index in [4.69, 9.17) is 0 Å².